The second-order valence-electron chi connectivity index (χ2n) is 13.3. The van der Waals surface area contributed by atoms with Crippen molar-refractivity contribution in [1.29, 1.82) is 0 Å². The average Bonchev–Trinajstić information content (AvgIpc) is 2.96. The third-order valence-corrected chi connectivity index (χ3v) is 8.82. The van der Waals surface area contributed by atoms with E-state index in [1.165, 1.54) is 26.2 Å². The zero-order chi connectivity index (χ0) is 29.9. The van der Waals surface area contributed by atoms with Gasteiger partial charge in [-0.25, -0.2) is 0 Å². The number of carbonyl (C=O) groups is 2. The van der Waals surface area contributed by atoms with Crippen molar-refractivity contribution in [1.82, 2.24) is 10.2 Å². The molecule has 0 bridgehead atoms. The Bertz CT molecular complexity index is 1230. The second kappa shape index (κ2) is 13.2. The van der Waals surface area contributed by atoms with Crippen LogP contribution in [0, 0.1) is 5.92 Å². The fourth-order valence-electron chi connectivity index (χ4n) is 6.96. The molecule has 8 nitrogen and oxygen atoms in total. The molecule has 6 atom stereocenters. The van der Waals surface area contributed by atoms with Gasteiger partial charge in [-0.15, -0.1) is 0 Å². The van der Waals surface area contributed by atoms with Crippen LogP contribution < -0.4 is 10.6 Å². The first-order valence-electron chi connectivity index (χ1n) is 15.6. The fourth-order valence-corrected chi connectivity index (χ4v) is 6.96. The number of carbonyl (C=O) groups excluding carboxylic acids is 2. The average molecular weight is 578 g/mol. The maximum Gasteiger partial charge on any atom is 0.237 e. The summed E-state index contributed by atoms with van der Waals surface area (Å²) in [7, 11) is 0. The fraction of sp³-hybridized carbons (Fsp3) is 0.588. The van der Waals surface area contributed by atoms with Gasteiger partial charge < -0.3 is 25.2 Å². The van der Waals surface area contributed by atoms with E-state index in [1.807, 2.05) is 69.3 Å². The number of aliphatic hydroxyl groups excluding tert-OH is 1. The number of nitrogens with zero attached hydrogens (tertiary/aromatic N) is 1. The Labute approximate surface area is 250 Å². The Morgan fingerprint density at radius 1 is 0.976 bits per heavy atom. The molecular weight excluding hydrogens is 530 g/mol. The van der Waals surface area contributed by atoms with Gasteiger partial charge >= 0.3 is 0 Å². The van der Waals surface area contributed by atoms with Crippen LogP contribution in [0.3, 0.4) is 0 Å². The summed E-state index contributed by atoms with van der Waals surface area (Å²) in [5, 5.41) is 15.7. The summed E-state index contributed by atoms with van der Waals surface area (Å²) in [6.45, 7) is 8.25. The molecule has 42 heavy (non-hydrogen) atoms. The molecule has 3 fully saturated rings. The Kier molecular flexibility index (Phi) is 9.67. The number of amides is 2. The van der Waals surface area contributed by atoms with Crippen LogP contribution in [0.2, 0.25) is 0 Å². The summed E-state index contributed by atoms with van der Waals surface area (Å²) in [5.41, 5.74) is 3.11. The number of rotatable bonds is 7. The number of aliphatic hydroxyl groups is 1. The topological polar surface area (TPSA) is 100 Å². The maximum absolute atomic E-state index is 13.6. The van der Waals surface area contributed by atoms with Gasteiger partial charge in [0.05, 0.1) is 24.9 Å². The van der Waals surface area contributed by atoms with E-state index in [4.69, 9.17) is 9.47 Å². The Morgan fingerprint density at radius 3 is 2.45 bits per heavy atom. The van der Waals surface area contributed by atoms with Gasteiger partial charge in [0.15, 0.2) is 6.29 Å². The quantitative estimate of drug-likeness (QED) is 0.395. The molecule has 8 heteroatoms. The molecule has 228 valence electrons. The number of ether oxygens (including phenoxy) is 2. The minimum atomic E-state index is -0.631. The highest BCUT2D eigenvalue weighted by molar-refractivity contribution is 5.88. The van der Waals surface area contributed by atoms with Crippen molar-refractivity contribution >= 4 is 17.5 Å². The van der Waals surface area contributed by atoms with Crippen LogP contribution in [0.25, 0.3) is 0 Å². The molecule has 2 saturated heterocycles. The molecule has 5 rings (SSSR count). The van der Waals surface area contributed by atoms with Gasteiger partial charge in [0.2, 0.25) is 11.8 Å². The lowest BCUT2D eigenvalue weighted by molar-refractivity contribution is -0.255. The minimum Gasteiger partial charge on any atom is -0.392 e. The number of nitrogens with one attached hydrogen (secondary N) is 2. The number of fused-ring (bicyclic) bond motifs is 1. The molecule has 2 aliphatic heterocycles. The van der Waals surface area contributed by atoms with Crippen molar-refractivity contribution in [2.45, 2.75) is 115 Å². The SMILES string of the molecule is CC(=O)Nc1cccc([C@@H]2O[C@H](CN3[C@@H](C(=O)NC(C)(C)C)CC[C@H]4CCCC[C@H]43)C[C@H](c3ccc(CO)cc3)O2)c1. The number of anilines is 1. The number of hydrogen-bond acceptors (Lipinski definition) is 6. The van der Waals surface area contributed by atoms with Gasteiger partial charge in [-0.2, -0.15) is 0 Å². The number of hydrogen-bond donors (Lipinski definition) is 3. The van der Waals surface area contributed by atoms with Crippen LogP contribution in [-0.4, -0.2) is 52.1 Å². The van der Waals surface area contributed by atoms with Gasteiger partial charge in [0, 0.05) is 42.7 Å². The third-order valence-electron chi connectivity index (χ3n) is 8.82. The largest absolute Gasteiger partial charge is 0.392 e. The molecule has 2 aromatic carbocycles. The van der Waals surface area contributed by atoms with Gasteiger partial charge in [0.1, 0.15) is 0 Å². The summed E-state index contributed by atoms with van der Waals surface area (Å²) >= 11 is 0. The minimum absolute atomic E-state index is 0.00829. The summed E-state index contributed by atoms with van der Waals surface area (Å²) in [6, 6.07) is 15.7. The van der Waals surface area contributed by atoms with Gasteiger partial charge in [0.25, 0.3) is 0 Å². The molecule has 2 amide bonds. The number of piperidine rings is 1. The lowest BCUT2D eigenvalue weighted by atomic mass is 9.75. The monoisotopic (exact) mass is 577 g/mol. The highest BCUT2D eigenvalue weighted by Crippen LogP contribution is 2.42. The van der Waals surface area contributed by atoms with Crippen molar-refractivity contribution in [2.75, 3.05) is 11.9 Å². The molecule has 3 N–H and O–H groups in total. The zero-order valence-electron chi connectivity index (χ0n) is 25.5. The second-order valence-corrected chi connectivity index (χ2v) is 13.3. The highest BCUT2D eigenvalue weighted by atomic mass is 16.7. The summed E-state index contributed by atoms with van der Waals surface area (Å²) in [6.07, 6.45) is 6.38. The van der Waals surface area contributed by atoms with E-state index >= 15 is 0 Å². The highest BCUT2D eigenvalue weighted by Gasteiger charge is 2.44. The molecule has 0 radical (unpaired) electrons. The van der Waals surface area contributed by atoms with E-state index in [2.05, 4.69) is 15.5 Å². The van der Waals surface area contributed by atoms with E-state index in [0.29, 0.717) is 30.6 Å². The van der Waals surface area contributed by atoms with E-state index in [0.717, 1.165) is 36.0 Å². The Balaban J connectivity index is 1.43. The predicted molar refractivity (Wildman–Crippen MR) is 163 cm³/mol. The molecular formula is C34H47N3O5. The van der Waals surface area contributed by atoms with Crippen molar-refractivity contribution in [3.63, 3.8) is 0 Å². The number of benzene rings is 2. The predicted octanol–water partition coefficient (Wildman–Crippen LogP) is 5.62. The van der Waals surface area contributed by atoms with Gasteiger partial charge in [-0.05, 0) is 75.6 Å². The Morgan fingerprint density at radius 2 is 1.74 bits per heavy atom. The molecule has 1 aliphatic carbocycles. The Hall–Kier alpha value is -2.78. The van der Waals surface area contributed by atoms with Crippen molar-refractivity contribution in [3.8, 4) is 0 Å². The molecule has 3 aliphatic rings. The van der Waals surface area contributed by atoms with Gasteiger partial charge in [-0.3, -0.25) is 14.5 Å². The first kappa shape index (κ1) is 30.7. The normalized spacial score (nSPS) is 28.5. The van der Waals surface area contributed by atoms with Crippen LogP contribution in [-0.2, 0) is 25.7 Å². The standard InChI is InChI=1S/C34H47N3O5/c1-22(39)35-27-10-7-9-26(18-27)33-41-28(19-31(42-33)25-14-12-23(21-38)13-15-25)20-37-29-11-6-5-8-24(29)16-17-30(37)32(40)36-34(2,3)4/h7,9-10,12-15,18,24,28-31,33,38H,5-6,8,11,16-17,19-21H2,1-4H3,(H,35,39)(H,36,40)/t24-,28+,29-,30-,31-,33-/m1/s1. The molecule has 0 unspecified atom stereocenters. The molecule has 2 aromatic rings. The van der Waals surface area contributed by atoms with E-state index in [1.54, 1.807) is 0 Å². The van der Waals surface area contributed by atoms with Gasteiger partial charge in [-0.1, -0.05) is 49.2 Å². The van der Waals surface area contributed by atoms with Crippen LogP contribution in [0.1, 0.15) is 102 Å². The van der Waals surface area contributed by atoms with E-state index in [-0.39, 0.29) is 42.2 Å². The van der Waals surface area contributed by atoms with E-state index < -0.39 is 6.29 Å². The van der Waals surface area contributed by atoms with Crippen molar-refractivity contribution in [3.05, 3.63) is 65.2 Å². The lowest BCUT2D eigenvalue weighted by Gasteiger charge is -2.50. The maximum atomic E-state index is 13.6. The molecule has 1 saturated carbocycles. The summed E-state index contributed by atoms with van der Waals surface area (Å²) in [4.78, 5) is 27.8. The van der Waals surface area contributed by atoms with Crippen molar-refractivity contribution in [2.24, 2.45) is 5.92 Å². The first-order chi connectivity index (χ1) is 20.1. The van der Waals surface area contributed by atoms with Crippen LogP contribution in [0.15, 0.2) is 48.5 Å². The lowest BCUT2D eigenvalue weighted by Crippen LogP contribution is -2.61. The van der Waals surface area contributed by atoms with Crippen LogP contribution in [0.5, 0.6) is 0 Å². The summed E-state index contributed by atoms with van der Waals surface area (Å²) in [5.74, 6) is 0.586. The smallest absolute Gasteiger partial charge is 0.237 e. The van der Waals surface area contributed by atoms with Crippen LogP contribution in [0.4, 0.5) is 5.69 Å². The third kappa shape index (κ3) is 7.59. The zero-order valence-corrected chi connectivity index (χ0v) is 25.5. The molecule has 0 spiro atoms. The van der Waals surface area contributed by atoms with Crippen molar-refractivity contribution < 1.29 is 24.2 Å². The number of likely N-dealkylation sites (tertiary alicyclic amines) is 1. The first-order valence-corrected chi connectivity index (χ1v) is 15.6. The van der Waals surface area contributed by atoms with E-state index in [9.17, 15) is 14.7 Å². The summed E-state index contributed by atoms with van der Waals surface area (Å²) < 4.78 is 13.3. The molecule has 0 aromatic heterocycles. The molecule has 2 heterocycles. The van der Waals surface area contributed by atoms with Crippen LogP contribution >= 0.6 is 0 Å².